The second-order valence-electron chi connectivity index (χ2n) is 4.49. The second-order valence-corrected chi connectivity index (χ2v) is 5.41. The summed E-state index contributed by atoms with van der Waals surface area (Å²) >= 11 is 1.62. The highest BCUT2D eigenvalue weighted by Gasteiger charge is 2.18. The van der Waals surface area contributed by atoms with E-state index in [1.54, 1.807) is 11.3 Å². The van der Waals surface area contributed by atoms with Gasteiger partial charge in [-0.1, -0.05) is 25.7 Å². The summed E-state index contributed by atoms with van der Waals surface area (Å²) in [4.78, 5) is 5.22. The van der Waals surface area contributed by atoms with Crippen LogP contribution in [0.3, 0.4) is 0 Å². The molecule has 1 unspecified atom stereocenters. The molecule has 1 atom stereocenters. The van der Waals surface area contributed by atoms with Gasteiger partial charge in [0.15, 0.2) is 0 Å². The van der Waals surface area contributed by atoms with E-state index in [1.807, 2.05) is 11.7 Å². The summed E-state index contributed by atoms with van der Waals surface area (Å²) in [5.41, 5.74) is 1.83. The third kappa shape index (κ3) is 3.27. The molecule has 16 heavy (non-hydrogen) atoms. The fourth-order valence-corrected chi connectivity index (χ4v) is 3.03. The van der Waals surface area contributed by atoms with E-state index in [9.17, 15) is 5.11 Å². The quantitative estimate of drug-likeness (QED) is 0.795. The zero-order valence-corrected chi connectivity index (χ0v) is 10.4. The van der Waals surface area contributed by atoms with Gasteiger partial charge in [0, 0.05) is 17.1 Å². The first kappa shape index (κ1) is 12.0. The summed E-state index contributed by atoms with van der Waals surface area (Å²) in [5.74, 6) is 0. The molecule has 0 bridgehead atoms. The first-order valence-electron chi connectivity index (χ1n) is 6.15. The van der Waals surface area contributed by atoms with E-state index in [2.05, 4.69) is 10.3 Å². The third-order valence-corrected chi connectivity index (χ3v) is 4.16. The third-order valence-electron chi connectivity index (χ3n) is 3.27. The minimum absolute atomic E-state index is 0.0793. The van der Waals surface area contributed by atoms with E-state index in [-0.39, 0.29) is 12.6 Å². The molecule has 1 fully saturated rings. The van der Waals surface area contributed by atoms with Gasteiger partial charge in [0.2, 0.25) is 0 Å². The maximum Gasteiger partial charge on any atom is 0.0794 e. The zero-order valence-electron chi connectivity index (χ0n) is 9.56. The monoisotopic (exact) mass is 240 g/mol. The number of rotatable bonds is 4. The van der Waals surface area contributed by atoms with Crippen LogP contribution in [0.4, 0.5) is 0 Å². The Bertz CT molecular complexity index is 281. The van der Waals surface area contributed by atoms with Crippen LogP contribution < -0.4 is 5.32 Å². The molecule has 0 saturated heterocycles. The van der Waals surface area contributed by atoms with E-state index >= 15 is 0 Å². The number of hydrogen-bond acceptors (Lipinski definition) is 4. The SMILES string of the molecule is OCC(NC1CCCCCC1)c1cncs1. The Balaban J connectivity index is 1.90. The van der Waals surface area contributed by atoms with Gasteiger partial charge in [-0.3, -0.25) is 4.98 Å². The van der Waals surface area contributed by atoms with Crippen LogP contribution in [0.5, 0.6) is 0 Å². The number of aliphatic hydroxyl groups is 1. The van der Waals surface area contributed by atoms with Crippen LogP contribution in [-0.2, 0) is 0 Å². The van der Waals surface area contributed by atoms with Gasteiger partial charge in [-0.25, -0.2) is 0 Å². The van der Waals surface area contributed by atoms with Crippen molar-refractivity contribution in [2.24, 2.45) is 0 Å². The number of hydrogen-bond donors (Lipinski definition) is 2. The van der Waals surface area contributed by atoms with Crippen LogP contribution in [0.1, 0.15) is 49.4 Å². The summed E-state index contributed by atoms with van der Waals surface area (Å²) in [6.07, 6.45) is 9.71. The minimum atomic E-state index is 0.0793. The zero-order chi connectivity index (χ0) is 11.2. The van der Waals surface area contributed by atoms with E-state index in [0.717, 1.165) is 4.88 Å². The van der Waals surface area contributed by atoms with Gasteiger partial charge in [-0.15, -0.1) is 11.3 Å². The highest BCUT2D eigenvalue weighted by atomic mass is 32.1. The highest BCUT2D eigenvalue weighted by Crippen LogP contribution is 2.22. The molecule has 1 saturated carbocycles. The van der Waals surface area contributed by atoms with Gasteiger partial charge in [0.1, 0.15) is 0 Å². The molecule has 4 heteroatoms. The standard InChI is InChI=1S/C12H20N2OS/c15-8-11(12-7-13-9-16-12)14-10-5-3-1-2-4-6-10/h7,9-11,14-15H,1-6,8H2. The van der Waals surface area contributed by atoms with Gasteiger partial charge in [0.25, 0.3) is 0 Å². The molecule has 0 amide bonds. The maximum atomic E-state index is 9.42. The number of thiazole rings is 1. The van der Waals surface area contributed by atoms with Gasteiger partial charge >= 0.3 is 0 Å². The lowest BCUT2D eigenvalue weighted by atomic mass is 10.1. The summed E-state index contributed by atoms with van der Waals surface area (Å²) < 4.78 is 0. The Morgan fingerprint density at radius 3 is 2.69 bits per heavy atom. The summed E-state index contributed by atoms with van der Waals surface area (Å²) in [6.45, 7) is 0.165. The van der Waals surface area contributed by atoms with Gasteiger partial charge in [-0.05, 0) is 12.8 Å². The van der Waals surface area contributed by atoms with Crippen molar-refractivity contribution in [3.05, 3.63) is 16.6 Å². The van der Waals surface area contributed by atoms with Crippen molar-refractivity contribution in [2.75, 3.05) is 6.61 Å². The Labute approximate surface area is 101 Å². The smallest absolute Gasteiger partial charge is 0.0794 e. The summed E-state index contributed by atoms with van der Waals surface area (Å²) in [7, 11) is 0. The van der Waals surface area contributed by atoms with Crippen molar-refractivity contribution in [3.63, 3.8) is 0 Å². The van der Waals surface area contributed by atoms with E-state index in [4.69, 9.17) is 0 Å². The van der Waals surface area contributed by atoms with E-state index in [1.165, 1.54) is 38.5 Å². The van der Waals surface area contributed by atoms with Crippen molar-refractivity contribution in [1.82, 2.24) is 10.3 Å². The van der Waals surface area contributed by atoms with Crippen LogP contribution in [0.2, 0.25) is 0 Å². The predicted molar refractivity (Wildman–Crippen MR) is 66.6 cm³/mol. The largest absolute Gasteiger partial charge is 0.394 e. The lowest BCUT2D eigenvalue weighted by Gasteiger charge is -2.22. The number of nitrogens with one attached hydrogen (secondary N) is 1. The molecule has 0 aliphatic heterocycles. The van der Waals surface area contributed by atoms with E-state index < -0.39 is 0 Å². The maximum absolute atomic E-state index is 9.42. The molecule has 90 valence electrons. The molecular weight excluding hydrogens is 220 g/mol. The average Bonchev–Trinajstić information content (AvgIpc) is 2.71. The molecule has 0 aromatic carbocycles. The molecule has 0 spiro atoms. The van der Waals surface area contributed by atoms with Crippen molar-refractivity contribution in [1.29, 1.82) is 0 Å². The molecule has 2 N–H and O–H groups in total. The van der Waals surface area contributed by atoms with Gasteiger partial charge < -0.3 is 10.4 Å². The normalized spacial score (nSPS) is 20.6. The molecule has 1 aliphatic carbocycles. The summed E-state index contributed by atoms with van der Waals surface area (Å²) in [5, 5.41) is 13.0. The predicted octanol–water partition coefficient (Wildman–Crippen LogP) is 2.49. The fraction of sp³-hybridized carbons (Fsp3) is 0.750. The topological polar surface area (TPSA) is 45.1 Å². The van der Waals surface area contributed by atoms with Gasteiger partial charge in [0.05, 0.1) is 18.2 Å². The number of aromatic nitrogens is 1. The van der Waals surface area contributed by atoms with Crippen LogP contribution in [0.25, 0.3) is 0 Å². The summed E-state index contributed by atoms with van der Waals surface area (Å²) in [6, 6.07) is 0.650. The Morgan fingerprint density at radius 2 is 2.12 bits per heavy atom. The molecular formula is C12H20N2OS. The number of nitrogens with zero attached hydrogens (tertiary/aromatic N) is 1. The Hall–Kier alpha value is -0.450. The van der Waals surface area contributed by atoms with Crippen LogP contribution >= 0.6 is 11.3 Å². The lowest BCUT2D eigenvalue weighted by molar-refractivity contribution is 0.230. The molecule has 2 rings (SSSR count). The van der Waals surface area contributed by atoms with Crippen LogP contribution in [0.15, 0.2) is 11.7 Å². The molecule has 3 nitrogen and oxygen atoms in total. The van der Waals surface area contributed by atoms with Crippen molar-refractivity contribution < 1.29 is 5.11 Å². The molecule has 1 aromatic rings. The Morgan fingerprint density at radius 1 is 1.38 bits per heavy atom. The van der Waals surface area contributed by atoms with Crippen molar-refractivity contribution in [3.8, 4) is 0 Å². The lowest BCUT2D eigenvalue weighted by Crippen LogP contribution is -2.34. The van der Waals surface area contributed by atoms with Crippen LogP contribution in [-0.4, -0.2) is 22.7 Å². The average molecular weight is 240 g/mol. The van der Waals surface area contributed by atoms with E-state index in [0.29, 0.717) is 6.04 Å². The fourth-order valence-electron chi connectivity index (χ4n) is 2.35. The van der Waals surface area contributed by atoms with Crippen molar-refractivity contribution in [2.45, 2.75) is 50.6 Å². The minimum Gasteiger partial charge on any atom is -0.394 e. The van der Waals surface area contributed by atoms with Crippen LogP contribution in [0, 0.1) is 0 Å². The molecule has 1 aliphatic rings. The van der Waals surface area contributed by atoms with Crippen molar-refractivity contribution >= 4 is 11.3 Å². The molecule has 1 aromatic heterocycles. The first-order chi connectivity index (χ1) is 7.90. The number of aliphatic hydroxyl groups excluding tert-OH is 1. The molecule has 0 radical (unpaired) electrons. The Kier molecular flexibility index (Phi) is 4.75. The second kappa shape index (κ2) is 6.33. The molecule has 1 heterocycles. The van der Waals surface area contributed by atoms with Gasteiger partial charge in [-0.2, -0.15) is 0 Å². The highest BCUT2D eigenvalue weighted by molar-refractivity contribution is 7.09. The first-order valence-corrected chi connectivity index (χ1v) is 7.03.